The summed E-state index contributed by atoms with van der Waals surface area (Å²) in [5.74, 6) is -0.157. The van der Waals surface area contributed by atoms with Gasteiger partial charge < -0.3 is 10.6 Å². The van der Waals surface area contributed by atoms with Gasteiger partial charge in [-0.1, -0.05) is 47.5 Å². The number of anilines is 2. The van der Waals surface area contributed by atoms with E-state index in [2.05, 4.69) is 10.6 Å². The van der Waals surface area contributed by atoms with Crippen LogP contribution in [0.3, 0.4) is 0 Å². The number of rotatable bonds is 4. The Balaban J connectivity index is 1.98. The van der Waals surface area contributed by atoms with Gasteiger partial charge in [-0.15, -0.1) is 0 Å². The lowest BCUT2D eigenvalue weighted by Crippen LogP contribution is -2.22. The number of hydrogen-bond acceptors (Lipinski definition) is 2. The zero-order chi connectivity index (χ0) is 14.5. The largest absolute Gasteiger partial charge is 0.374 e. The molecule has 0 heterocycles. The lowest BCUT2D eigenvalue weighted by molar-refractivity contribution is -0.114. The molecule has 0 fully saturated rings. The Kier molecular flexibility index (Phi) is 4.88. The predicted octanol–water partition coefficient (Wildman–Crippen LogP) is 4.35. The summed E-state index contributed by atoms with van der Waals surface area (Å²) in [6.07, 6.45) is 0. The molecule has 1 amide bonds. The first-order valence-corrected chi connectivity index (χ1v) is 6.87. The van der Waals surface area contributed by atoms with Crippen molar-refractivity contribution in [1.29, 1.82) is 0 Å². The summed E-state index contributed by atoms with van der Waals surface area (Å²) >= 11 is 12.0. The van der Waals surface area contributed by atoms with E-state index in [1.807, 2.05) is 31.2 Å². The smallest absolute Gasteiger partial charge is 0.243 e. The first-order chi connectivity index (χ1) is 9.58. The fourth-order valence-corrected chi connectivity index (χ4v) is 2.27. The molecule has 3 nitrogen and oxygen atoms in total. The molecular formula is C15H14Cl2N2O. The van der Waals surface area contributed by atoms with E-state index in [0.717, 1.165) is 11.3 Å². The summed E-state index contributed by atoms with van der Waals surface area (Å²) in [5.41, 5.74) is 2.37. The van der Waals surface area contributed by atoms with Crippen LogP contribution in [0.1, 0.15) is 5.56 Å². The number of carbonyl (C=O) groups excluding carboxylic acids is 1. The third-order valence-electron chi connectivity index (χ3n) is 2.81. The summed E-state index contributed by atoms with van der Waals surface area (Å²) in [6.45, 7) is 2.03. The normalized spacial score (nSPS) is 10.2. The van der Waals surface area contributed by atoms with Gasteiger partial charge in [-0.25, -0.2) is 0 Å². The standard InChI is InChI=1S/C15H14Cl2N2O/c1-10-5-2-3-8-13(10)19-14(20)9-18-15-11(16)6-4-7-12(15)17/h2-8,18H,9H2,1H3,(H,19,20). The summed E-state index contributed by atoms with van der Waals surface area (Å²) in [7, 11) is 0. The van der Waals surface area contributed by atoms with Crippen LogP contribution in [0.15, 0.2) is 42.5 Å². The molecule has 2 N–H and O–H groups in total. The van der Waals surface area contributed by atoms with Crippen molar-refractivity contribution in [2.75, 3.05) is 17.2 Å². The fraction of sp³-hybridized carbons (Fsp3) is 0.133. The fourth-order valence-electron chi connectivity index (χ4n) is 1.74. The third-order valence-corrected chi connectivity index (χ3v) is 3.44. The Bertz CT molecular complexity index is 609. The van der Waals surface area contributed by atoms with E-state index in [1.165, 1.54) is 0 Å². The summed E-state index contributed by atoms with van der Waals surface area (Å²) in [5, 5.41) is 6.75. The van der Waals surface area contributed by atoms with Crippen LogP contribution in [-0.4, -0.2) is 12.5 Å². The second-order valence-corrected chi connectivity index (χ2v) is 5.13. The maximum atomic E-state index is 11.9. The van der Waals surface area contributed by atoms with Crippen LogP contribution < -0.4 is 10.6 Å². The first-order valence-electron chi connectivity index (χ1n) is 6.11. The predicted molar refractivity (Wildman–Crippen MR) is 84.8 cm³/mol. The minimum absolute atomic E-state index is 0.0950. The Morgan fingerprint density at radius 2 is 1.70 bits per heavy atom. The van der Waals surface area contributed by atoms with Crippen molar-refractivity contribution in [2.24, 2.45) is 0 Å². The Hall–Kier alpha value is -1.71. The molecule has 0 atom stereocenters. The Morgan fingerprint density at radius 3 is 2.35 bits per heavy atom. The van der Waals surface area contributed by atoms with Gasteiger partial charge in [0.25, 0.3) is 0 Å². The lowest BCUT2D eigenvalue weighted by Gasteiger charge is -2.11. The Morgan fingerprint density at radius 1 is 1.05 bits per heavy atom. The van der Waals surface area contributed by atoms with Gasteiger partial charge in [-0.2, -0.15) is 0 Å². The highest BCUT2D eigenvalue weighted by Gasteiger charge is 2.08. The van der Waals surface area contributed by atoms with Crippen LogP contribution in [0.5, 0.6) is 0 Å². The number of aryl methyl sites for hydroxylation is 1. The number of benzene rings is 2. The lowest BCUT2D eigenvalue weighted by atomic mass is 10.2. The second-order valence-electron chi connectivity index (χ2n) is 4.31. The van der Waals surface area contributed by atoms with Gasteiger partial charge >= 0.3 is 0 Å². The molecule has 0 saturated carbocycles. The number of carbonyl (C=O) groups is 1. The van der Waals surface area contributed by atoms with E-state index < -0.39 is 0 Å². The Labute approximate surface area is 127 Å². The van der Waals surface area contributed by atoms with E-state index in [0.29, 0.717) is 15.7 Å². The molecule has 0 spiro atoms. The first kappa shape index (κ1) is 14.7. The van der Waals surface area contributed by atoms with Crippen LogP contribution in [0.25, 0.3) is 0 Å². The molecule has 0 aromatic heterocycles. The van der Waals surface area contributed by atoms with Crippen LogP contribution in [0.4, 0.5) is 11.4 Å². The van der Waals surface area contributed by atoms with E-state index >= 15 is 0 Å². The highest BCUT2D eigenvalue weighted by atomic mass is 35.5. The van der Waals surface area contributed by atoms with Crippen molar-refractivity contribution in [2.45, 2.75) is 6.92 Å². The number of para-hydroxylation sites is 2. The van der Waals surface area contributed by atoms with Crippen LogP contribution >= 0.6 is 23.2 Å². The zero-order valence-electron chi connectivity index (χ0n) is 10.9. The molecule has 0 unspecified atom stereocenters. The molecule has 2 aromatic rings. The molecule has 0 bridgehead atoms. The van der Waals surface area contributed by atoms with Crippen LogP contribution in [-0.2, 0) is 4.79 Å². The van der Waals surface area contributed by atoms with Crippen molar-refractivity contribution < 1.29 is 4.79 Å². The van der Waals surface area contributed by atoms with Gasteiger partial charge in [-0.05, 0) is 30.7 Å². The number of amides is 1. The van der Waals surface area contributed by atoms with Crippen molar-refractivity contribution in [3.8, 4) is 0 Å². The average molecular weight is 309 g/mol. The number of nitrogens with one attached hydrogen (secondary N) is 2. The monoisotopic (exact) mass is 308 g/mol. The van der Waals surface area contributed by atoms with Crippen molar-refractivity contribution in [3.63, 3.8) is 0 Å². The SMILES string of the molecule is Cc1ccccc1NC(=O)CNc1c(Cl)cccc1Cl. The summed E-state index contributed by atoms with van der Waals surface area (Å²) in [4.78, 5) is 11.9. The van der Waals surface area contributed by atoms with Crippen molar-refractivity contribution in [3.05, 3.63) is 58.1 Å². The van der Waals surface area contributed by atoms with E-state index in [9.17, 15) is 4.79 Å². The molecule has 0 aliphatic heterocycles. The number of hydrogen-bond donors (Lipinski definition) is 2. The van der Waals surface area contributed by atoms with Gasteiger partial charge in [0.05, 0.1) is 22.3 Å². The minimum atomic E-state index is -0.157. The molecule has 2 rings (SSSR count). The van der Waals surface area contributed by atoms with Crippen LogP contribution in [0, 0.1) is 6.92 Å². The molecule has 0 aliphatic rings. The van der Waals surface area contributed by atoms with Gasteiger partial charge in [0.2, 0.25) is 5.91 Å². The third kappa shape index (κ3) is 3.65. The van der Waals surface area contributed by atoms with Gasteiger partial charge in [0.15, 0.2) is 0 Å². The van der Waals surface area contributed by atoms with Gasteiger partial charge in [-0.3, -0.25) is 4.79 Å². The highest BCUT2D eigenvalue weighted by molar-refractivity contribution is 6.39. The molecule has 0 radical (unpaired) electrons. The van der Waals surface area contributed by atoms with Crippen molar-refractivity contribution >= 4 is 40.5 Å². The molecule has 104 valence electrons. The highest BCUT2D eigenvalue weighted by Crippen LogP contribution is 2.29. The van der Waals surface area contributed by atoms with Gasteiger partial charge in [0.1, 0.15) is 0 Å². The maximum absolute atomic E-state index is 11.9. The average Bonchev–Trinajstić information content (AvgIpc) is 2.41. The second kappa shape index (κ2) is 6.64. The van der Waals surface area contributed by atoms with E-state index in [-0.39, 0.29) is 12.5 Å². The molecule has 0 saturated heterocycles. The molecule has 2 aromatic carbocycles. The summed E-state index contributed by atoms with van der Waals surface area (Å²) < 4.78 is 0. The zero-order valence-corrected chi connectivity index (χ0v) is 12.4. The molecular weight excluding hydrogens is 295 g/mol. The summed E-state index contributed by atoms with van der Waals surface area (Å²) in [6, 6.07) is 12.8. The van der Waals surface area contributed by atoms with Gasteiger partial charge in [0, 0.05) is 5.69 Å². The molecule has 0 aliphatic carbocycles. The van der Waals surface area contributed by atoms with Crippen LogP contribution in [0.2, 0.25) is 10.0 Å². The molecule has 20 heavy (non-hydrogen) atoms. The van der Waals surface area contributed by atoms with Crippen molar-refractivity contribution in [1.82, 2.24) is 0 Å². The maximum Gasteiger partial charge on any atom is 0.243 e. The minimum Gasteiger partial charge on any atom is -0.374 e. The molecule has 5 heteroatoms. The number of halogens is 2. The quantitative estimate of drug-likeness (QED) is 0.881. The van der Waals surface area contributed by atoms with E-state index in [4.69, 9.17) is 23.2 Å². The topological polar surface area (TPSA) is 41.1 Å². The van der Waals surface area contributed by atoms with E-state index in [1.54, 1.807) is 18.2 Å².